The first-order valence-electron chi connectivity index (χ1n) is 11.6. The Morgan fingerprint density at radius 2 is 1.69 bits per heavy atom. The zero-order valence-corrected chi connectivity index (χ0v) is 19.8. The van der Waals surface area contributed by atoms with Gasteiger partial charge in [0.1, 0.15) is 11.6 Å². The largest absolute Gasteiger partial charge is 0.491 e. The van der Waals surface area contributed by atoms with Crippen molar-refractivity contribution < 1.29 is 13.9 Å². The van der Waals surface area contributed by atoms with E-state index in [4.69, 9.17) is 4.74 Å². The molecule has 0 fully saturated rings. The molecule has 0 bridgehead atoms. The third kappa shape index (κ3) is 6.67. The smallest absolute Gasteiger partial charge is 0.256 e. The molecular weight excluding hydrogens is 441 g/mol. The topological polar surface area (TPSA) is 63.2 Å². The number of pyridine rings is 1. The molecule has 0 atom stereocenters. The molecule has 0 aliphatic carbocycles. The Balaban J connectivity index is 1.47. The molecule has 0 unspecified atom stereocenters. The van der Waals surface area contributed by atoms with Crippen LogP contribution in [0.5, 0.6) is 5.75 Å². The van der Waals surface area contributed by atoms with E-state index in [0.717, 1.165) is 29.9 Å². The van der Waals surface area contributed by atoms with E-state index in [2.05, 4.69) is 15.6 Å². The van der Waals surface area contributed by atoms with Crippen LogP contribution in [0, 0.1) is 5.82 Å². The van der Waals surface area contributed by atoms with Gasteiger partial charge in [-0.15, -0.1) is 0 Å². The summed E-state index contributed by atoms with van der Waals surface area (Å²) in [6.45, 7) is 4.62. The fourth-order valence-corrected chi connectivity index (χ4v) is 3.69. The first-order chi connectivity index (χ1) is 17.0. The molecule has 0 aliphatic rings. The summed E-state index contributed by atoms with van der Waals surface area (Å²) >= 11 is 0. The number of nitrogens with one attached hydrogen (secondary N) is 2. The number of carbonyl (C=O) groups excluding carboxylic acids is 1. The molecule has 0 saturated heterocycles. The maximum absolute atomic E-state index is 13.4. The van der Waals surface area contributed by atoms with Gasteiger partial charge in [-0.2, -0.15) is 0 Å². The van der Waals surface area contributed by atoms with Crippen molar-refractivity contribution in [2.24, 2.45) is 0 Å². The quantitative estimate of drug-likeness (QED) is 0.291. The number of aromatic nitrogens is 1. The van der Waals surface area contributed by atoms with Crippen molar-refractivity contribution >= 4 is 17.3 Å². The lowest BCUT2D eigenvalue weighted by molar-refractivity contribution is 0.102. The third-order valence-electron chi connectivity index (χ3n) is 5.34. The molecule has 2 N–H and O–H groups in total. The number of amides is 1. The Morgan fingerprint density at radius 1 is 0.943 bits per heavy atom. The first-order valence-corrected chi connectivity index (χ1v) is 11.6. The second kappa shape index (κ2) is 11.3. The van der Waals surface area contributed by atoms with Gasteiger partial charge in [-0.05, 0) is 91.7 Å². The van der Waals surface area contributed by atoms with Crippen LogP contribution in [-0.2, 0) is 6.42 Å². The van der Waals surface area contributed by atoms with Gasteiger partial charge in [-0.25, -0.2) is 4.39 Å². The highest BCUT2D eigenvalue weighted by molar-refractivity contribution is 6.09. The zero-order valence-electron chi connectivity index (χ0n) is 19.8. The van der Waals surface area contributed by atoms with Gasteiger partial charge < -0.3 is 15.4 Å². The van der Waals surface area contributed by atoms with Crippen LogP contribution < -0.4 is 15.4 Å². The van der Waals surface area contributed by atoms with Crippen LogP contribution in [-0.4, -0.2) is 23.5 Å². The van der Waals surface area contributed by atoms with E-state index in [0.29, 0.717) is 22.6 Å². The Hall–Kier alpha value is -4.19. The fourth-order valence-electron chi connectivity index (χ4n) is 3.69. The highest BCUT2D eigenvalue weighted by Crippen LogP contribution is 2.29. The Bertz CT molecular complexity index is 1260. The molecule has 0 saturated carbocycles. The summed E-state index contributed by atoms with van der Waals surface area (Å²) in [7, 11) is 0. The Morgan fingerprint density at radius 3 is 2.37 bits per heavy atom. The number of ether oxygens (including phenoxy) is 1. The van der Waals surface area contributed by atoms with Gasteiger partial charge in [0, 0.05) is 36.2 Å². The van der Waals surface area contributed by atoms with Crippen molar-refractivity contribution in [1.29, 1.82) is 0 Å². The van der Waals surface area contributed by atoms with Gasteiger partial charge in [-0.3, -0.25) is 9.78 Å². The monoisotopic (exact) mass is 469 g/mol. The molecule has 3 aromatic carbocycles. The van der Waals surface area contributed by atoms with E-state index in [-0.39, 0.29) is 17.8 Å². The van der Waals surface area contributed by atoms with Crippen molar-refractivity contribution in [2.75, 3.05) is 17.2 Å². The number of anilines is 2. The average Bonchev–Trinajstić information content (AvgIpc) is 2.86. The molecule has 1 aromatic heterocycles. The van der Waals surface area contributed by atoms with Crippen molar-refractivity contribution in [1.82, 2.24) is 4.98 Å². The molecule has 178 valence electrons. The van der Waals surface area contributed by atoms with Crippen molar-refractivity contribution in [2.45, 2.75) is 26.4 Å². The number of hydrogen-bond acceptors (Lipinski definition) is 4. The molecule has 0 spiro atoms. The number of halogens is 1. The van der Waals surface area contributed by atoms with E-state index in [9.17, 15) is 9.18 Å². The summed E-state index contributed by atoms with van der Waals surface area (Å²) in [4.78, 5) is 17.6. The summed E-state index contributed by atoms with van der Waals surface area (Å²) < 4.78 is 19.2. The van der Waals surface area contributed by atoms with Gasteiger partial charge in [0.2, 0.25) is 0 Å². The molecule has 0 radical (unpaired) electrons. The third-order valence-corrected chi connectivity index (χ3v) is 5.34. The molecule has 35 heavy (non-hydrogen) atoms. The Labute approximate surface area is 205 Å². The van der Waals surface area contributed by atoms with Gasteiger partial charge in [0.05, 0.1) is 11.7 Å². The maximum atomic E-state index is 13.4. The van der Waals surface area contributed by atoms with Crippen molar-refractivity contribution in [3.05, 3.63) is 108 Å². The predicted octanol–water partition coefficient (Wildman–Crippen LogP) is 6.58. The van der Waals surface area contributed by atoms with E-state index in [1.807, 2.05) is 68.4 Å². The summed E-state index contributed by atoms with van der Waals surface area (Å²) in [5.74, 6) is 0.00565. The number of rotatable bonds is 9. The summed E-state index contributed by atoms with van der Waals surface area (Å²) in [6.07, 6.45) is 2.58. The molecule has 4 rings (SSSR count). The number of nitrogens with zero attached hydrogens (tertiary/aromatic N) is 1. The maximum Gasteiger partial charge on any atom is 0.256 e. The molecule has 1 amide bonds. The van der Waals surface area contributed by atoms with Crippen molar-refractivity contribution in [3.63, 3.8) is 0 Å². The van der Waals surface area contributed by atoms with Gasteiger partial charge in [0.15, 0.2) is 0 Å². The van der Waals surface area contributed by atoms with Crippen LogP contribution in [0.15, 0.2) is 91.1 Å². The summed E-state index contributed by atoms with van der Waals surface area (Å²) in [5.41, 5.74) is 4.56. The highest BCUT2D eigenvalue weighted by atomic mass is 19.1. The van der Waals surface area contributed by atoms with Gasteiger partial charge in [0.25, 0.3) is 5.91 Å². The van der Waals surface area contributed by atoms with Crippen LogP contribution in [0.25, 0.3) is 11.1 Å². The molecular formula is C29H28FN3O2. The van der Waals surface area contributed by atoms with E-state index in [1.54, 1.807) is 24.4 Å². The summed E-state index contributed by atoms with van der Waals surface area (Å²) in [5, 5.41) is 6.33. The highest BCUT2D eigenvalue weighted by Gasteiger charge is 2.16. The van der Waals surface area contributed by atoms with Crippen LogP contribution >= 0.6 is 0 Å². The van der Waals surface area contributed by atoms with Crippen LogP contribution in [0.2, 0.25) is 0 Å². The lowest BCUT2D eigenvalue weighted by atomic mass is 9.98. The first kappa shape index (κ1) is 24.0. The predicted molar refractivity (Wildman–Crippen MR) is 138 cm³/mol. The molecule has 6 heteroatoms. The lowest BCUT2D eigenvalue weighted by Gasteiger charge is -2.15. The minimum atomic E-state index is -0.326. The van der Waals surface area contributed by atoms with Gasteiger partial charge >= 0.3 is 0 Å². The van der Waals surface area contributed by atoms with Crippen LogP contribution in [0.3, 0.4) is 0 Å². The Kier molecular flexibility index (Phi) is 7.73. The fraction of sp³-hybridized carbons (Fsp3) is 0.172. The molecule has 4 aromatic rings. The van der Waals surface area contributed by atoms with Crippen LogP contribution in [0.4, 0.5) is 15.8 Å². The standard InChI is InChI=1S/C29H28FN3O2/c1-20(2)35-26-14-15-27(21-6-8-22(30)9-7-21)28(19-26)29(34)33-25-12-10-24(11-13-25)32-18-16-23-5-3-4-17-31-23/h3-15,17,19-20,32H,16,18H2,1-2H3,(H,33,34). The van der Waals surface area contributed by atoms with E-state index >= 15 is 0 Å². The second-order valence-electron chi connectivity index (χ2n) is 8.41. The SMILES string of the molecule is CC(C)Oc1ccc(-c2ccc(F)cc2)c(C(=O)Nc2ccc(NCCc3ccccn3)cc2)c1. The van der Waals surface area contributed by atoms with E-state index in [1.165, 1.54) is 12.1 Å². The molecule has 0 aliphatic heterocycles. The average molecular weight is 470 g/mol. The zero-order chi connectivity index (χ0) is 24.6. The summed E-state index contributed by atoms with van der Waals surface area (Å²) in [6, 6.07) is 24.9. The second-order valence-corrected chi connectivity index (χ2v) is 8.41. The number of benzene rings is 3. The normalized spacial score (nSPS) is 10.7. The minimum absolute atomic E-state index is 0.0275. The lowest BCUT2D eigenvalue weighted by Crippen LogP contribution is -2.14. The van der Waals surface area contributed by atoms with Crippen LogP contribution in [0.1, 0.15) is 29.9 Å². The number of carbonyl (C=O) groups is 1. The molecule has 1 heterocycles. The number of hydrogen-bond donors (Lipinski definition) is 2. The van der Waals surface area contributed by atoms with E-state index < -0.39 is 0 Å². The minimum Gasteiger partial charge on any atom is -0.491 e. The molecule has 5 nitrogen and oxygen atoms in total. The van der Waals surface area contributed by atoms with Crippen molar-refractivity contribution in [3.8, 4) is 16.9 Å². The van der Waals surface area contributed by atoms with Gasteiger partial charge in [-0.1, -0.05) is 18.2 Å².